The van der Waals surface area contributed by atoms with Crippen LogP contribution >= 0.6 is 7.60 Å². The van der Waals surface area contributed by atoms with Gasteiger partial charge in [-0.25, -0.2) is 0 Å². The Labute approximate surface area is 179 Å². The molecule has 0 aliphatic rings. The van der Waals surface area contributed by atoms with E-state index in [4.69, 9.17) is 13.8 Å². The molecule has 30 heavy (non-hydrogen) atoms. The molecule has 2 aromatic rings. The van der Waals surface area contributed by atoms with E-state index in [1.165, 1.54) is 0 Å². The van der Waals surface area contributed by atoms with Crippen LogP contribution in [0.1, 0.15) is 51.8 Å². The Bertz CT molecular complexity index is 844. The summed E-state index contributed by atoms with van der Waals surface area (Å²) in [7, 11) is -3.43. The summed E-state index contributed by atoms with van der Waals surface area (Å²) in [6.07, 6.45) is 2.98. The molecule has 2 N–H and O–H groups in total. The minimum absolute atomic E-state index is 0.0979. The molecule has 0 saturated heterocycles. The van der Waals surface area contributed by atoms with Gasteiger partial charge < -0.3 is 24.2 Å². The van der Waals surface area contributed by atoms with Gasteiger partial charge in [0.05, 0.1) is 36.7 Å². The largest absolute Gasteiger partial charge is 0.504 e. The fourth-order valence-corrected chi connectivity index (χ4v) is 5.36. The lowest BCUT2D eigenvalue weighted by molar-refractivity contribution is 0.142. The van der Waals surface area contributed by atoms with E-state index in [1.54, 1.807) is 25.4 Å². The number of nitrogens with zero attached hydrogens (tertiary/aromatic N) is 1. The van der Waals surface area contributed by atoms with E-state index in [1.807, 2.05) is 52.8 Å². The first-order valence-electron chi connectivity index (χ1n) is 10.2. The Morgan fingerprint density at radius 1 is 1.17 bits per heavy atom. The number of benzene rings is 1. The standard InChI is InChI=1S/C22H33N2O5P/c1-7-27-21-12-18(11-17(6)22(21)25)20(24-19-9-8-10-23-13-19)14-30(26,28-15(2)3)29-16(4)5/h8-13,15-16,20,24-25H,7,14H2,1-6H3. The van der Waals surface area contributed by atoms with E-state index >= 15 is 0 Å². The number of aromatic hydroxyl groups is 1. The fourth-order valence-electron chi connectivity index (χ4n) is 3.10. The molecule has 0 bridgehead atoms. The molecule has 1 unspecified atom stereocenters. The zero-order valence-corrected chi connectivity index (χ0v) is 19.5. The predicted molar refractivity (Wildman–Crippen MR) is 120 cm³/mol. The fraction of sp³-hybridized carbons (Fsp3) is 0.500. The number of rotatable bonds is 11. The summed E-state index contributed by atoms with van der Waals surface area (Å²) in [4.78, 5) is 4.14. The summed E-state index contributed by atoms with van der Waals surface area (Å²) < 4.78 is 30.7. The third-order valence-corrected chi connectivity index (χ3v) is 6.44. The molecule has 1 heterocycles. The summed E-state index contributed by atoms with van der Waals surface area (Å²) in [5, 5.41) is 13.7. The van der Waals surface area contributed by atoms with Crippen LogP contribution < -0.4 is 10.1 Å². The van der Waals surface area contributed by atoms with Crippen molar-refractivity contribution >= 4 is 13.3 Å². The highest BCUT2D eigenvalue weighted by Gasteiger charge is 2.33. The second-order valence-electron chi connectivity index (χ2n) is 7.66. The van der Waals surface area contributed by atoms with Gasteiger partial charge in [-0.2, -0.15) is 0 Å². The number of nitrogens with one attached hydrogen (secondary N) is 1. The third kappa shape index (κ3) is 7.01. The number of anilines is 1. The van der Waals surface area contributed by atoms with Crippen molar-refractivity contribution in [1.82, 2.24) is 4.98 Å². The lowest BCUT2D eigenvalue weighted by atomic mass is 10.0. The zero-order chi connectivity index (χ0) is 22.3. The van der Waals surface area contributed by atoms with Crippen LogP contribution in [0.25, 0.3) is 0 Å². The summed E-state index contributed by atoms with van der Waals surface area (Å²) in [6.45, 7) is 11.4. The molecule has 1 atom stereocenters. The molecule has 0 fully saturated rings. The van der Waals surface area contributed by atoms with Gasteiger partial charge in [0.25, 0.3) is 0 Å². The van der Waals surface area contributed by atoms with Crippen molar-refractivity contribution in [3.8, 4) is 11.5 Å². The van der Waals surface area contributed by atoms with E-state index < -0.39 is 13.6 Å². The number of hydrogen-bond donors (Lipinski definition) is 2. The summed E-state index contributed by atoms with van der Waals surface area (Å²) in [5.74, 6) is 0.482. The molecule has 8 heteroatoms. The molecule has 7 nitrogen and oxygen atoms in total. The van der Waals surface area contributed by atoms with E-state index in [0.29, 0.717) is 17.9 Å². The van der Waals surface area contributed by atoms with E-state index in [-0.39, 0.29) is 24.1 Å². The van der Waals surface area contributed by atoms with Crippen LogP contribution in [0.2, 0.25) is 0 Å². The van der Waals surface area contributed by atoms with Crippen molar-refractivity contribution < 1.29 is 23.5 Å². The van der Waals surface area contributed by atoms with Crippen LogP contribution in [0.3, 0.4) is 0 Å². The molecule has 1 aromatic heterocycles. The normalized spacial score (nSPS) is 12.9. The number of hydrogen-bond acceptors (Lipinski definition) is 7. The van der Waals surface area contributed by atoms with Crippen LogP contribution in [0.5, 0.6) is 11.5 Å². The van der Waals surface area contributed by atoms with Crippen LogP contribution in [0.4, 0.5) is 5.69 Å². The Morgan fingerprint density at radius 2 is 1.83 bits per heavy atom. The lowest BCUT2D eigenvalue weighted by Crippen LogP contribution is -2.20. The van der Waals surface area contributed by atoms with Crippen molar-refractivity contribution in [3.05, 3.63) is 47.8 Å². The van der Waals surface area contributed by atoms with Crippen LogP contribution in [-0.4, -0.2) is 35.1 Å². The Hall–Kier alpha value is -2.08. The van der Waals surface area contributed by atoms with Gasteiger partial charge in [-0.1, -0.05) is 6.07 Å². The van der Waals surface area contributed by atoms with Crippen LogP contribution in [0, 0.1) is 6.92 Å². The maximum Gasteiger partial charge on any atom is 0.333 e. The maximum absolute atomic E-state index is 13.6. The first-order valence-corrected chi connectivity index (χ1v) is 11.9. The Kier molecular flexibility index (Phi) is 8.71. The lowest BCUT2D eigenvalue weighted by Gasteiger charge is -2.28. The molecule has 166 valence electrons. The van der Waals surface area contributed by atoms with Crippen molar-refractivity contribution in [3.63, 3.8) is 0 Å². The number of phenols is 1. The average Bonchev–Trinajstić information content (AvgIpc) is 2.64. The topological polar surface area (TPSA) is 89.9 Å². The minimum atomic E-state index is -3.43. The van der Waals surface area contributed by atoms with Gasteiger partial charge in [0.1, 0.15) is 0 Å². The molecule has 0 spiro atoms. The molecule has 1 aromatic carbocycles. The second-order valence-corrected chi connectivity index (χ2v) is 9.67. The smallest absolute Gasteiger partial charge is 0.333 e. The predicted octanol–water partition coefficient (Wildman–Crippen LogP) is 5.69. The Balaban J connectivity index is 2.48. The van der Waals surface area contributed by atoms with Crippen molar-refractivity contribution in [2.24, 2.45) is 0 Å². The molecule has 0 amide bonds. The number of aromatic nitrogens is 1. The minimum Gasteiger partial charge on any atom is -0.504 e. The third-order valence-electron chi connectivity index (χ3n) is 4.14. The molecule has 0 saturated carbocycles. The second kappa shape index (κ2) is 10.8. The van der Waals surface area contributed by atoms with Crippen molar-refractivity contribution in [2.45, 2.75) is 59.8 Å². The van der Waals surface area contributed by atoms with Gasteiger partial charge in [0, 0.05) is 12.4 Å². The molecular formula is C22H33N2O5P. The monoisotopic (exact) mass is 436 g/mol. The Morgan fingerprint density at radius 3 is 2.37 bits per heavy atom. The SMILES string of the molecule is CCOc1cc(C(CP(=O)(OC(C)C)OC(C)C)Nc2cccnc2)cc(C)c1O. The van der Waals surface area contributed by atoms with Crippen molar-refractivity contribution in [2.75, 3.05) is 18.1 Å². The highest BCUT2D eigenvalue weighted by molar-refractivity contribution is 7.53. The molecule has 0 aliphatic carbocycles. The first kappa shape index (κ1) is 24.2. The van der Waals surface area contributed by atoms with Gasteiger partial charge in [-0.05, 0) is 70.9 Å². The number of pyridine rings is 1. The number of aryl methyl sites for hydroxylation is 1. The molecule has 2 rings (SSSR count). The molecule has 0 radical (unpaired) electrons. The van der Waals surface area contributed by atoms with Gasteiger partial charge in [0.15, 0.2) is 11.5 Å². The zero-order valence-electron chi connectivity index (χ0n) is 18.6. The van der Waals surface area contributed by atoms with Crippen molar-refractivity contribution in [1.29, 1.82) is 0 Å². The summed E-state index contributed by atoms with van der Waals surface area (Å²) >= 11 is 0. The van der Waals surface area contributed by atoms with E-state index in [0.717, 1.165) is 11.3 Å². The van der Waals surface area contributed by atoms with E-state index in [2.05, 4.69) is 10.3 Å². The quantitative estimate of drug-likeness (QED) is 0.437. The number of ether oxygens (including phenoxy) is 1. The maximum atomic E-state index is 13.6. The van der Waals surface area contributed by atoms with Crippen LogP contribution in [-0.2, 0) is 13.6 Å². The van der Waals surface area contributed by atoms with Gasteiger partial charge >= 0.3 is 7.60 Å². The average molecular weight is 436 g/mol. The van der Waals surface area contributed by atoms with E-state index in [9.17, 15) is 9.67 Å². The summed E-state index contributed by atoms with van der Waals surface area (Å²) in [5.41, 5.74) is 2.24. The van der Waals surface area contributed by atoms with Crippen LogP contribution in [0.15, 0.2) is 36.7 Å². The number of phenolic OH excluding ortho intramolecular Hbond substituents is 1. The molecular weight excluding hydrogens is 403 g/mol. The highest BCUT2D eigenvalue weighted by atomic mass is 31.2. The first-order chi connectivity index (χ1) is 14.1. The van der Waals surface area contributed by atoms with Gasteiger partial charge in [0.2, 0.25) is 0 Å². The van der Waals surface area contributed by atoms with Gasteiger partial charge in [-0.15, -0.1) is 0 Å². The highest BCUT2D eigenvalue weighted by Crippen LogP contribution is 2.53. The summed E-state index contributed by atoms with van der Waals surface area (Å²) in [6, 6.07) is 6.89. The van der Waals surface area contributed by atoms with Gasteiger partial charge in [-0.3, -0.25) is 9.55 Å². The molecule has 0 aliphatic heterocycles.